The van der Waals surface area contributed by atoms with Crippen LogP contribution in [0.4, 0.5) is 0 Å². The lowest BCUT2D eigenvalue weighted by atomic mass is 9.83. The third-order valence-corrected chi connectivity index (χ3v) is 7.08. The lowest BCUT2D eigenvalue weighted by Crippen LogP contribution is -2.05. The second-order valence-corrected chi connectivity index (χ2v) is 9.63. The first-order valence-electron chi connectivity index (χ1n) is 13.0. The zero-order chi connectivity index (χ0) is 21.0. The Morgan fingerprint density at radius 1 is 0.733 bits per heavy atom. The molecule has 3 rings (SSSR count). The van der Waals surface area contributed by atoms with Crippen molar-refractivity contribution in [2.45, 2.75) is 110 Å². The number of benzene rings is 2. The van der Waals surface area contributed by atoms with E-state index < -0.39 is 0 Å². The number of unbranched alkanes of at least 4 members (excludes halogenated alkanes) is 8. The van der Waals surface area contributed by atoms with Crippen LogP contribution in [0.1, 0.15) is 115 Å². The Kier molecular flexibility index (Phi) is 10.0. The van der Waals surface area contributed by atoms with Gasteiger partial charge in [-0.3, -0.25) is 0 Å². The van der Waals surface area contributed by atoms with Crippen LogP contribution in [0, 0.1) is 5.92 Å². The largest absolute Gasteiger partial charge is 0.0804 e. The minimum absolute atomic E-state index is 0.926. The summed E-state index contributed by atoms with van der Waals surface area (Å²) < 4.78 is 0. The van der Waals surface area contributed by atoms with E-state index in [0.717, 1.165) is 5.92 Å². The van der Waals surface area contributed by atoms with Gasteiger partial charge in [-0.25, -0.2) is 0 Å². The number of allylic oxidation sites excluding steroid dienone is 2. The van der Waals surface area contributed by atoms with Crippen LogP contribution >= 0.6 is 0 Å². The Bertz CT molecular complexity index is 782. The summed E-state index contributed by atoms with van der Waals surface area (Å²) in [4.78, 5) is 0. The van der Waals surface area contributed by atoms with Gasteiger partial charge in [0.15, 0.2) is 0 Å². The molecule has 0 fully saturated rings. The molecule has 0 amide bonds. The Morgan fingerprint density at radius 3 is 2.20 bits per heavy atom. The Balaban J connectivity index is 1.51. The Labute approximate surface area is 186 Å². The van der Waals surface area contributed by atoms with Crippen LogP contribution in [-0.2, 0) is 6.42 Å². The summed E-state index contributed by atoms with van der Waals surface area (Å²) in [7, 11) is 0. The number of hydrogen-bond donors (Lipinski definition) is 0. The van der Waals surface area contributed by atoms with Crippen LogP contribution < -0.4 is 0 Å². The van der Waals surface area contributed by atoms with E-state index in [0.29, 0.717) is 0 Å². The zero-order valence-corrected chi connectivity index (χ0v) is 19.7. The van der Waals surface area contributed by atoms with Gasteiger partial charge in [0, 0.05) is 0 Å². The van der Waals surface area contributed by atoms with Crippen molar-refractivity contribution in [3.63, 3.8) is 0 Å². The van der Waals surface area contributed by atoms with Gasteiger partial charge in [0.2, 0.25) is 0 Å². The minimum Gasteiger partial charge on any atom is -0.0804 e. The van der Waals surface area contributed by atoms with Crippen molar-refractivity contribution in [2.75, 3.05) is 0 Å². The predicted octanol–water partition coefficient (Wildman–Crippen LogP) is 9.90. The van der Waals surface area contributed by atoms with Gasteiger partial charge in [-0.05, 0) is 71.6 Å². The van der Waals surface area contributed by atoms with Crippen molar-refractivity contribution in [2.24, 2.45) is 5.92 Å². The van der Waals surface area contributed by atoms with E-state index in [4.69, 9.17) is 0 Å². The van der Waals surface area contributed by atoms with Crippen molar-refractivity contribution in [1.82, 2.24) is 0 Å². The standard InChI is InChI=1S/C30H44/c1-3-5-7-9-10-12-14-26-17-20-30-24-29(22-21-28(30)23-26)27-18-15-25(16-19-27)13-11-8-6-4-2/h17-18,20-25H,3-16,19H2,1-2H3. The van der Waals surface area contributed by atoms with E-state index in [9.17, 15) is 0 Å². The molecule has 0 N–H and O–H groups in total. The maximum atomic E-state index is 2.54. The summed E-state index contributed by atoms with van der Waals surface area (Å²) in [6.45, 7) is 4.59. The van der Waals surface area contributed by atoms with E-state index in [1.54, 1.807) is 5.57 Å². The average molecular weight is 405 g/mol. The minimum atomic E-state index is 0.926. The van der Waals surface area contributed by atoms with Gasteiger partial charge in [0.1, 0.15) is 0 Å². The molecular weight excluding hydrogens is 360 g/mol. The highest BCUT2D eigenvalue weighted by molar-refractivity contribution is 5.87. The fourth-order valence-electron chi connectivity index (χ4n) is 5.03. The van der Waals surface area contributed by atoms with Gasteiger partial charge in [0.25, 0.3) is 0 Å². The van der Waals surface area contributed by atoms with Gasteiger partial charge < -0.3 is 0 Å². The third-order valence-electron chi connectivity index (χ3n) is 7.08. The molecule has 30 heavy (non-hydrogen) atoms. The van der Waals surface area contributed by atoms with Crippen LogP contribution in [0.15, 0.2) is 42.5 Å². The smallest absolute Gasteiger partial charge is 0.0178 e. The summed E-state index contributed by atoms with van der Waals surface area (Å²) in [6, 6.07) is 14.3. The van der Waals surface area contributed by atoms with Crippen LogP contribution in [0.3, 0.4) is 0 Å². The molecule has 1 aliphatic rings. The molecule has 0 radical (unpaired) electrons. The van der Waals surface area contributed by atoms with Crippen molar-refractivity contribution in [3.05, 3.63) is 53.6 Å². The third kappa shape index (κ3) is 7.29. The molecule has 0 nitrogen and oxygen atoms in total. The summed E-state index contributed by atoms with van der Waals surface area (Å²) in [6.07, 6.45) is 23.0. The summed E-state index contributed by atoms with van der Waals surface area (Å²) in [5.74, 6) is 0.926. The highest BCUT2D eigenvalue weighted by Crippen LogP contribution is 2.34. The lowest BCUT2D eigenvalue weighted by Gasteiger charge is -2.22. The molecule has 0 bridgehead atoms. The lowest BCUT2D eigenvalue weighted by molar-refractivity contribution is 0.425. The predicted molar refractivity (Wildman–Crippen MR) is 135 cm³/mol. The molecule has 0 spiro atoms. The van der Waals surface area contributed by atoms with Crippen molar-refractivity contribution in [3.8, 4) is 0 Å². The van der Waals surface area contributed by atoms with Crippen molar-refractivity contribution in [1.29, 1.82) is 0 Å². The molecule has 0 aliphatic heterocycles. The molecule has 2 aromatic carbocycles. The van der Waals surface area contributed by atoms with Gasteiger partial charge in [-0.1, -0.05) is 114 Å². The van der Waals surface area contributed by atoms with E-state index >= 15 is 0 Å². The number of rotatable bonds is 13. The second kappa shape index (κ2) is 13.0. The molecule has 0 heterocycles. The number of hydrogen-bond acceptors (Lipinski definition) is 0. The SMILES string of the molecule is CCCCCCCCc1ccc2cc(C3=CCC(CCCCCC)CC3)ccc2c1. The van der Waals surface area contributed by atoms with Crippen LogP contribution in [0.5, 0.6) is 0 Å². The molecule has 1 unspecified atom stereocenters. The molecule has 0 saturated heterocycles. The van der Waals surface area contributed by atoms with Gasteiger partial charge in [-0.15, -0.1) is 0 Å². The number of fused-ring (bicyclic) bond motifs is 1. The molecular formula is C30H44. The average Bonchev–Trinajstić information content (AvgIpc) is 2.79. The van der Waals surface area contributed by atoms with Gasteiger partial charge >= 0.3 is 0 Å². The van der Waals surface area contributed by atoms with E-state index in [2.05, 4.69) is 56.3 Å². The molecule has 1 aliphatic carbocycles. The number of aryl methyl sites for hydroxylation is 1. The maximum Gasteiger partial charge on any atom is -0.0178 e. The fourth-order valence-corrected chi connectivity index (χ4v) is 5.03. The normalized spacial score (nSPS) is 16.7. The second-order valence-electron chi connectivity index (χ2n) is 9.63. The summed E-state index contributed by atoms with van der Waals surface area (Å²) in [5.41, 5.74) is 4.54. The molecule has 164 valence electrons. The molecule has 0 saturated carbocycles. The maximum absolute atomic E-state index is 2.54. The summed E-state index contributed by atoms with van der Waals surface area (Å²) >= 11 is 0. The molecule has 2 aromatic rings. The van der Waals surface area contributed by atoms with Gasteiger partial charge in [0.05, 0.1) is 0 Å². The van der Waals surface area contributed by atoms with E-state index in [1.807, 2.05) is 0 Å². The first kappa shape index (κ1) is 23.1. The highest BCUT2D eigenvalue weighted by Gasteiger charge is 2.15. The van der Waals surface area contributed by atoms with Crippen molar-refractivity contribution >= 4 is 16.3 Å². The Hall–Kier alpha value is -1.56. The van der Waals surface area contributed by atoms with Crippen molar-refractivity contribution < 1.29 is 0 Å². The van der Waals surface area contributed by atoms with Gasteiger partial charge in [-0.2, -0.15) is 0 Å². The fraction of sp³-hybridized carbons (Fsp3) is 0.600. The van der Waals surface area contributed by atoms with E-state index in [-0.39, 0.29) is 0 Å². The molecule has 0 heteroatoms. The van der Waals surface area contributed by atoms with Crippen LogP contribution in [0.25, 0.3) is 16.3 Å². The highest BCUT2D eigenvalue weighted by atomic mass is 14.2. The van der Waals surface area contributed by atoms with Crippen LogP contribution in [0.2, 0.25) is 0 Å². The monoisotopic (exact) mass is 404 g/mol. The topological polar surface area (TPSA) is 0 Å². The van der Waals surface area contributed by atoms with E-state index in [1.165, 1.54) is 118 Å². The first-order valence-corrected chi connectivity index (χ1v) is 13.0. The molecule has 1 atom stereocenters. The van der Waals surface area contributed by atoms with Crippen LogP contribution in [-0.4, -0.2) is 0 Å². The quantitative estimate of drug-likeness (QED) is 0.291. The summed E-state index contributed by atoms with van der Waals surface area (Å²) in [5, 5.41) is 2.81. The Morgan fingerprint density at radius 2 is 1.43 bits per heavy atom. The zero-order valence-electron chi connectivity index (χ0n) is 19.7. The molecule has 0 aromatic heterocycles. The first-order chi connectivity index (χ1) is 14.8.